The van der Waals surface area contributed by atoms with E-state index in [2.05, 4.69) is 0 Å². The van der Waals surface area contributed by atoms with Gasteiger partial charge in [0.05, 0.1) is 10.7 Å². The maximum Gasteiger partial charge on any atom is 0.126 e. The highest BCUT2D eigenvalue weighted by atomic mass is 35.5. The predicted octanol–water partition coefficient (Wildman–Crippen LogP) is 3.96. The highest BCUT2D eigenvalue weighted by Crippen LogP contribution is 2.25. The van der Waals surface area contributed by atoms with Crippen LogP contribution in [0.25, 0.3) is 0 Å². The lowest BCUT2D eigenvalue weighted by Crippen LogP contribution is -1.97. The second kappa shape index (κ2) is 4.76. The third-order valence-corrected chi connectivity index (χ3v) is 3.12. The molecular weight excluding hydrogens is 237 g/mol. The summed E-state index contributed by atoms with van der Waals surface area (Å²) in [5.41, 5.74) is 8.95. The third-order valence-electron chi connectivity index (χ3n) is 2.79. The number of hydrogen-bond acceptors (Lipinski definition) is 1. The van der Waals surface area contributed by atoms with Gasteiger partial charge in [0.1, 0.15) is 5.82 Å². The number of rotatable bonds is 2. The zero-order valence-electron chi connectivity index (χ0n) is 9.50. The molecule has 1 nitrogen and oxygen atoms in total. The molecule has 2 aromatic carbocycles. The summed E-state index contributed by atoms with van der Waals surface area (Å²) in [5.74, 6) is -0.195. The lowest BCUT2D eigenvalue weighted by molar-refractivity contribution is 0.614. The monoisotopic (exact) mass is 249 g/mol. The van der Waals surface area contributed by atoms with Crippen molar-refractivity contribution in [3.8, 4) is 0 Å². The van der Waals surface area contributed by atoms with E-state index in [-0.39, 0.29) is 5.82 Å². The van der Waals surface area contributed by atoms with Crippen molar-refractivity contribution in [1.29, 1.82) is 0 Å². The molecule has 0 aliphatic heterocycles. The summed E-state index contributed by atoms with van der Waals surface area (Å²) in [4.78, 5) is 0. The van der Waals surface area contributed by atoms with Gasteiger partial charge in [-0.25, -0.2) is 4.39 Å². The summed E-state index contributed by atoms with van der Waals surface area (Å²) in [5, 5.41) is 0.516. The molecule has 0 aliphatic carbocycles. The molecule has 2 N–H and O–H groups in total. The molecule has 0 atom stereocenters. The second-order valence-corrected chi connectivity index (χ2v) is 4.48. The van der Waals surface area contributed by atoms with Crippen molar-refractivity contribution in [2.75, 3.05) is 5.73 Å². The van der Waals surface area contributed by atoms with E-state index in [1.807, 2.05) is 19.1 Å². The van der Waals surface area contributed by atoms with Gasteiger partial charge in [-0.15, -0.1) is 0 Å². The van der Waals surface area contributed by atoms with E-state index in [9.17, 15) is 4.39 Å². The molecule has 2 rings (SSSR count). The fourth-order valence-corrected chi connectivity index (χ4v) is 1.97. The molecule has 0 aliphatic rings. The molecule has 0 aromatic heterocycles. The van der Waals surface area contributed by atoms with Gasteiger partial charge >= 0.3 is 0 Å². The molecule has 2 aromatic rings. The molecule has 0 unspecified atom stereocenters. The Morgan fingerprint density at radius 2 is 1.88 bits per heavy atom. The zero-order chi connectivity index (χ0) is 12.4. The predicted molar refractivity (Wildman–Crippen MR) is 69.8 cm³/mol. The molecule has 0 amide bonds. The van der Waals surface area contributed by atoms with Gasteiger partial charge < -0.3 is 5.73 Å². The minimum absolute atomic E-state index is 0.195. The van der Waals surface area contributed by atoms with Gasteiger partial charge in [-0.2, -0.15) is 0 Å². The van der Waals surface area contributed by atoms with E-state index in [1.54, 1.807) is 18.2 Å². The number of nitrogen functional groups attached to an aromatic ring is 1. The SMILES string of the molecule is Cc1cc(N)c(Cl)cc1Cc1ccccc1F. The van der Waals surface area contributed by atoms with Crippen LogP contribution in [0.5, 0.6) is 0 Å². The molecule has 3 heteroatoms. The van der Waals surface area contributed by atoms with Crippen LogP contribution in [-0.4, -0.2) is 0 Å². The fourth-order valence-electron chi connectivity index (χ4n) is 1.78. The molecule has 0 spiro atoms. The van der Waals surface area contributed by atoms with Crippen LogP contribution in [0.2, 0.25) is 5.02 Å². The van der Waals surface area contributed by atoms with Crippen LogP contribution in [0.15, 0.2) is 36.4 Å². The van der Waals surface area contributed by atoms with Gasteiger partial charge in [0.15, 0.2) is 0 Å². The lowest BCUT2D eigenvalue weighted by atomic mass is 10.00. The molecule has 0 radical (unpaired) electrons. The van der Waals surface area contributed by atoms with Crippen molar-refractivity contribution < 1.29 is 4.39 Å². The summed E-state index contributed by atoms with van der Waals surface area (Å²) in [6, 6.07) is 10.4. The zero-order valence-corrected chi connectivity index (χ0v) is 10.3. The van der Waals surface area contributed by atoms with Gasteiger partial charge in [0.2, 0.25) is 0 Å². The summed E-state index contributed by atoms with van der Waals surface area (Å²) >= 11 is 5.97. The highest BCUT2D eigenvalue weighted by molar-refractivity contribution is 6.33. The maximum absolute atomic E-state index is 13.5. The van der Waals surface area contributed by atoms with Crippen LogP contribution in [0.1, 0.15) is 16.7 Å². The minimum atomic E-state index is -0.195. The van der Waals surface area contributed by atoms with E-state index < -0.39 is 0 Å². The van der Waals surface area contributed by atoms with E-state index in [1.165, 1.54) is 6.07 Å². The number of benzene rings is 2. The molecule has 17 heavy (non-hydrogen) atoms. The first kappa shape index (κ1) is 11.9. The average molecular weight is 250 g/mol. The number of nitrogens with two attached hydrogens (primary N) is 1. The number of halogens is 2. The van der Waals surface area contributed by atoms with Crippen molar-refractivity contribution in [1.82, 2.24) is 0 Å². The van der Waals surface area contributed by atoms with Crippen LogP contribution in [0, 0.1) is 12.7 Å². The molecule has 0 fully saturated rings. The Bertz CT molecular complexity index is 552. The Labute approximate surface area is 105 Å². The van der Waals surface area contributed by atoms with Gasteiger partial charge in [-0.1, -0.05) is 29.8 Å². The summed E-state index contributed by atoms with van der Waals surface area (Å²) in [6.45, 7) is 1.95. The van der Waals surface area contributed by atoms with Crippen molar-refractivity contribution in [3.05, 3.63) is 63.9 Å². The highest BCUT2D eigenvalue weighted by Gasteiger charge is 2.07. The number of hydrogen-bond donors (Lipinski definition) is 1. The number of anilines is 1. The van der Waals surface area contributed by atoms with Gasteiger partial charge in [-0.05, 0) is 41.8 Å². The molecular formula is C14H13ClFN. The Balaban J connectivity index is 2.37. The number of aryl methyl sites for hydroxylation is 1. The Morgan fingerprint density at radius 3 is 2.59 bits per heavy atom. The van der Waals surface area contributed by atoms with Crippen LogP contribution >= 0.6 is 11.6 Å². The van der Waals surface area contributed by atoms with Gasteiger partial charge in [0.25, 0.3) is 0 Å². The van der Waals surface area contributed by atoms with E-state index >= 15 is 0 Å². The van der Waals surface area contributed by atoms with E-state index in [0.29, 0.717) is 22.7 Å². The Kier molecular flexibility index (Phi) is 3.34. The molecule has 0 saturated carbocycles. The lowest BCUT2D eigenvalue weighted by Gasteiger charge is -2.09. The van der Waals surface area contributed by atoms with Crippen molar-refractivity contribution in [2.45, 2.75) is 13.3 Å². The molecule has 0 saturated heterocycles. The van der Waals surface area contributed by atoms with Crippen molar-refractivity contribution in [2.24, 2.45) is 0 Å². The molecule has 88 valence electrons. The minimum Gasteiger partial charge on any atom is -0.398 e. The maximum atomic E-state index is 13.5. The van der Waals surface area contributed by atoms with E-state index in [4.69, 9.17) is 17.3 Å². The largest absolute Gasteiger partial charge is 0.398 e. The first-order chi connectivity index (χ1) is 8.08. The van der Waals surface area contributed by atoms with Crippen molar-refractivity contribution >= 4 is 17.3 Å². The quantitative estimate of drug-likeness (QED) is 0.801. The first-order valence-electron chi connectivity index (χ1n) is 5.36. The third kappa shape index (κ3) is 2.59. The summed E-state index contributed by atoms with van der Waals surface area (Å²) in [6.07, 6.45) is 0.526. The smallest absolute Gasteiger partial charge is 0.126 e. The summed E-state index contributed by atoms with van der Waals surface area (Å²) < 4.78 is 13.5. The van der Waals surface area contributed by atoms with Gasteiger partial charge in [-0.3, -0.25) is 0 Å². The van der Waals surface area contributed by atoms with Crippen LogP contribution in [0.4, 0.5) is 10.1 Å². The fraction of sp³-hybridized carbons (Fsp3) is 0.143. The summed E-state index contributed by atoms with van der Waals surface area (Å²) in [7, 11) is 0. The standard InChI is InChI=1S/C14H13ClFN/c1-9-6-14(17)12(15)8-11(9)7-10-4-2-3-5-13(10)16/h2-6,8H,7,17H2,1H3. The Morgan fingerprint density at radius 1 is 1.18 bits per heavy atom. The van der Waals surface area contributed by atoms with Crippen LogP contribution in [-0.2, 0) is 6.42 Å². The van der Waals surface area contributed by atoms with Crippen LogP contribution in [0.3, 0.4) is 0 Å². The van der Waals surface area contributed by atoms with Crippen LogP contribution < -0.4 is 5.73 Å². The topological polar surface area (TPSA) is 26.0 Å². The second-order valence-electron chi connectivity index (χ2n) is 4.07. The van der Waals surface area contributed by atoms with Gasteiger partial charge in [0, 0.05) is 6.42 Å². The average Bonchev–Trinajstić information content (AvgIpc) is 2.29. The Hall–Kier alpha value is -1.54. The molecule has 0 heterocycles. The molecule has 0 bridgehead atoms. The normalized spacial score (nSPS) is 10.5. The van der Waals surface area contributed by atoms with E-state index in [0.717, 1.165) is 11.1 Å². The van der Waals surface area contributed by atoms with Crippen molar-refractivity contribution in [3.63, 3.8) is 0 Å². The first-order valence-corrected chi connectivity index (χ1v) is 5.73.